The van der Waals surface area contributed by atoms with Gasteiger partial charge in [0.2, 0.25) is 0 Å². The molecule has 1 saturated heterocycles. The van der Waals surface area contributed by atoms with Crippen LogP contribution in [0.5, 0.6) is 0 Å². The summed E-state index contributed by atoms with van der Waals surface area (Å²) in [6.07, 6.45) is 2.70. The standard InChI is InChI=1S/C15H22FN3/c1-11(17)15-13(16)3-2-4-14(15)19-9-7-18(8-10-19)12-5-6-12/h2-4,11-12H,5-10,17H2,1H3/t11-/m0/s1. The molecule has 1 aliphatic carbocycles. The maximum absolute atomic E-state index is 14.0. The van der Waals surface area contributed by atoms with Gasteiger partial charge in [0.05, 0.1) is 0 Å². The van der Waals surface area contributed by atoms with Gasteiger partial charge in [-0.3, -0.25) is 4.90 Å². The molecule has 2 fully saturated rings. The van der Waals surface area contributed by atoms with Crippen LogP contribution in [0, 0.1) is 5.82 Å². The van der Waals surface area contributed by atoms with E-state index in [1.807, 2.05) is 13.0 Å². The van der Waals surface area contributed by atoms with Crippen LogP contribution in [0.2, 0.25) is 0 Å². The number of nitrogens with zero attached hydrogens (tertiary/aromatic N) is 2. The van der Waals surface area contributed by atoms with Crippen molar-refractivity contribution < 1.29 is 4.39 Å². The summed E-state index contributed by atoms with van der Waals surface area (Å²) < 4.78 is 14.0. The first-order chi connectivity index (χ1) is 9.16. The summed E-state index contributed by atoms with van der Waals surface area (Å²) in [4.78, 5) is 4.84. The van der Waals surface area contributed by atoms with Crippen LogP contribution < -0.4 is 10.6 Å². The first-order valence-corrected chi connectivity index (χ1v) is 7.20. The molecule has 1 atom stereocenters. The summed E-state index contributed by atoms with van der Waals surface area (Å²) in [5.41, 5.74) is 7.56. The quantitative estimate of drug-likeness (QED) is 0.906. The largest absolute Gasteiger partial charge is 0.369 e. The Balaban J connectivity index is 1.77. The van der Waals surface area contributed by atoms with Crippen LogP contribution in [0.25, 0.3) is 0 Å². The van der Waals surface area contributed by atoms with E-state index in [9.17, 15) is 4.39 Å². The summed E-state index contributed by atoms with van der Waals surface area (Å²) in [6, 6.07) is 5.83. The third kappa shape index (κ3) is 2.60. The van der Waals surface area contributed by atoms with Crippen LogP contribution in [-0.4, -0.2) is 37.1 Å². The molecule has 0 bridgehead atoms. The van der Waals surface area contributed by atoms with Crippen LogP contribution in [0.1, 0.15) is 31.4 Å². The van der Waals surface area contributed by atoms with Crippen LogP contribution in [0.15, 0.2) is 18.2 Å². The highest BCUT2D eigenvalue weighted by molar-refractivity contribution is 5.55. The van der Waals surface area contributed by atoms with Gasteiger partial charge in [0.25, 0.3) is 0 Å². The molecule has 0 aromatic heterocycles. The van der Waals surface area contributed by atoms with Crippen LogP contribution in [0.3, 0.4) is 0 Å². The van der Waals surface area contributed by atoms with Crippen molar-refractivity contribution in [3.8, 4) is 0 Å². The van der Waals surface area contributed by atoms with Crippen LogP contribution in [0.4, 0.5) is 10.1 Å². The summed E-state index contributed by atoms with van der Waals surface area (Å²) in [7, 11) is 0. The second-order valence-electron chi connectivity index (χ2n) is 5.72. The van der Waals surface area contributed by atoms with Crippen molar-refractivity contribution in [3.05, 3.63) is 29.6 Å². The Bertz CT molecular complexity index is 449. The molecule has 2 N–H and O–H groups in total. The highest BCUT2D eigenvalue weighted by atomic mass is 19.1. The van der Waals surface area contributed by atoms with Gasteiger partial charge in [-0.2, -0.15) is 0 Å². The van der Waals surface area contributed by atoms with Gasteiger partial charge in [-0.15, -0.1) is 0 Å². The molecule has 1 heterocycles. The Kier molecular flexibility index (Phi) is 3.46. The fraction of sp³-hybridized carbons (Fsp3) is 0.600. The molecule has 19 heavy (non-hydrogen) atoms. The van der Waals surface area contributed by atoms with E-state index in [2.05, 4.69) is 9.80 Å². The molecule has 1 saturated carbocycles. The van der Waals surface area contributed by atoms with Crippen molar-refractivity contribution in [2.24, 2.45) is 5.73 Å². The second-order valence-corrected chi connectivity index (χ2v) is 5.72. The molecule has 104 valence electrons. The molecule has 0 amide bonds. The zero-order chi connectivity index (χ0) is 13.4. The molecule has 0 unspecified atom stereocenters. The topological polar surface area (TPSA) is 32.5 Å². The lowest BCUT2D eigenvalue weighted by molar-refractivity contribution is 0.248. The minimum atomic E-state index is -0.266. The highest BCUT2D eigenvalue weighted by Gasteiger charge is 2.31. The van der Waals surface area contributed by atoms with Crippen molar-refractivity contribution in [2.45, 2.75) is 31.8 Å². The van der Waals surface area contributed by atoms with E-state index in [0.717, 1.165) is 37.9 Å². The van der Waals surface area contributed by atoms with E-state index in [-0.39, 0.29) is 11.9 Å². The van der Waals surface area contributed by atoms with E-state index in [4.69, 9.17) is 5.73 Å². The van der Waals surface area contributed by atoms with E-state index >= 15 is 0 Å². The van der Waals surface area contributed by atoms with Gasteiger partial charge in [-0.1, -0.05) is 6.07 Å². The van der Waals surface area contributed by atoms with Gasteiger partial charge in [-0.05, 0) is 31.9 Å². The summed E-state index contributed by atoms with van der Waals surface area (Å²) in [5.74, 6) is -0.183. The molecule has 1 aromatic carbocycles. The Morgan fingerprint density at radius 3 is 2.47 bits per heavy atom. The molecule has 3 rings (SSSR count). The van der Waals surface area contributed by atoms with E-state index in [0.29, 0.717) is 5.56 Å². The predicted molar refractivity (Wildman–Crippen MR) is 75.8 cm³/mol. The minimum absolute atomic E-state index is 0.183. The van der Waals surface area contributed by atoms with Gasteiger partial charge >= 0.3 is 0 Å². The van der Waals surface area contributed by atoms with Gasteiger partial charge in [0.15, 0.2) is 0 Å². The number of piperazine rings is 1. The monoisotopic (exact) mass is 263 g/mol. The maximum atomic E-state index is 14.0. The molecule has 3 nitrogen and oxygen atoms in total. The molecule has 1 aliphatic heterocycles. The summed E-state index contributed by atoms with van der Waals surface area (Å²) in [5, 5.41) is 0. The lowest BCUT2D eigenvalue weighted by atomic mass is 10.0. The molecular weight excluding hydrogens is 241 g/mol. The zero-order valence-electron chi connectivity index (χ0n) is 11.5. The average molecular weight is 263 g/mol. The first kappa shape index (κ1) is 12.9. The number of hydrogen-bond donors (Lipinski definition) is 1. The summed E-state index contributed by atoms with van der Waals surface area (Å²) in [6.45, 7) is 5.96. The van der Waals surface area contributed by atoms with Crippen molar-refractivity contribution >= 4 is 5.69 Å². The fourth-order valence-electron chi connectivity index (χ4n) is 3.02. The van der Waals surface area contributed by atoms with Crippen molar-refractivity contribution in [1.29, 1.82) is 0 Å². The van der Waals surface area contributed by atoms with Crippen LogP contribution >= 0.6 is 0 Å². The molecule has 0 spiro atoms. The Hall–Kier alpha value is -1.13. The summed E-state index contributed by atoms with van der Waals surface area (Å²) >= 11 is 0. The van der Waals surface area contributed by atoms with Crippen LogP contribution in [-0.2, 0) is 0 Å². The van der Waals surface area contributed by atoms with Gasteiger partial charge in [0.1, 0.15) is 5.82 Å². The zero-order valence-corrected chi connectivity index (χ0v) is 11.5. The van der Waals surface area contributed by atoms with E-state index < -0.39 is 0 Å². The molecule has 4 heteroatoms. The molecular formula is C15H22FN3. The highest BCUT2D eigenvalue weighted by Crippen LogP contribution is 2.31. The molecule has 0 radical (unpaired) electrons. The number of anilines is 1. The Labute approximate surface area is 114 Å². The van der Waals surface area contributed by atoms with E-state index in [1.165, 1.54) is 18.9 Å². The number of hydrogen-bond acceptors (Lipinski definition) is 3. The minimum Gasteiger partial charge on any atom is -0.369 e. The number of benzene rings is 1. The lowest BCUT2D eigenvalue weighted by Gasteiger charge is -2.37. The number of rotatable bonds is 3. The third-order valence-electron chi connectivity index (χ3n) is 4.20. The van der Waals surface area contributed by atoms with Gasteiger partial charge in [0, 0.05) is 49.5 Å². The Morgan fingerprint density at radius 1 is 1.21 bits per heavy atom. The number of halogens is 1. The lowest BCUT2D eigenvalue weighted by Crippen LogP contribution is -2.47. The maximum Gasteiger partial charge on any atom is 0.130 e. The van der Waals surface area contributed by atoms with Crippen molar-refractivity contribution in [1.82, 2.24) is 4.90 Å². The first-order valence-electron chi connectivity index (χ1n) is 7.20. The van der Waals surface area contributed by atoms with Gasteiger partial charge < -0.3 is 10.6 Å². The van der Waals surface area contributed by atoms with Crippen molar-refractivity contribution in [2.75, 3.05) is 31.1 Å². The smallest absolute Gasteiger partial charge is 0.130 e. The number of nitrogens with two attached hydrogens (primary N) is 1. The third-order valence-corrected chi connectivity index (χ3v) is 4.20. The molecule has 1 aromatic rings. The van der Waals surface area contributed by atoms with Gasteiger partial charge in [-0.25, -0.2) is 4.39 Å². The normalized spacial score (nSPS) is 22.6. The Morgan fingerprint density at radius 2 is 1.89 bits per heavy atom. The average Bonchev–Trinajstić information content (AvgIpc) is 3.22. The molecule has 2 aliphatic rings. The fourth-order valence-corrected chi connectivity index (χ4v) is 3.02. The SMILES string of the molecule is C[C@H](N)c1c(F)cccc1N1CCN(C2CC2)CC1. The predicted octanol–water partition coefficient (Wildman–Crippen LogP) is 2.13. The van der Waals surface area contributed by atoms with E-state index in [1.54, 1.807) is 6.07 Å². The van der Waals surface area contributed by atoms with Crippen molar-refractivity contribution in [3.63, 3.8) is 0 Å². The second kappa shape index (κ2) is 5.10.